The molecular weight excluding hydrogens is 436 g/mol. The normalized spacial score (nSPS) is 17.9. The Morgan fingerprint density at radius 2 is 1.71 bits per heavy atom. The average molecular weight is 475 g/mol. The number of ether oxygens (including phenoxy) is 1. The van der Waals surface area contributed by atoms with Crippen LogP contribution >= 0.6 is 0 Å². The fourth-order valence-electron chi connectivity index (χ4n) is 5.13. The van der Waals surface area contributed by atoms with Crippen LogP contribution in [0, 0.1) is 11.8 Å². The zero-order chi connectivity index (χ0) is 24.6. The summed E-state index contributed by atoms with van der Waals surface area (Å²) < 4.78 is 4.76. The molecule has 6 nitrogen and oxygen atoms in total. The third-order valence-electron chi connectivity index (χ3n) is 7.17. The predicted octanol–water partition coefficient (Wildman–Crippen LogP) is 5.40. The van der Waals surface area contributed by atoms with Crippen LogP contribution in [0.5, 0.6) is 0 Å². The Labute approximate surface area is 209 Å². The van der Waals surface area contributed by atoms with E-state index in [1.165, 1.54) is 44.8 Å². The molecule has 3 aromatic rings. The first-order valence-corrected chi connectivity index (χ1v) is 12.8. The molecule has 0 saturated heterocycles. The van der Waals surface area contributed by atoms with Crippen molar-refractivity contribution in [1.29, 1.82) is 0 Å². The number of hydrogen-bond acceptors (Lipinski definition) is 6. The molecule has 0 spiro atoms. The molecule has 0 aliphatic heterocycles. The summed E-state index contributed by atoms with van der Waals surface area (Å²) in [5, 5.41) is 4.72. The number of anilines is 1. The molecular formula is C29H38N4O2. The van der Waals surface area contributed by atoms with Crippen molar-refractivity contribution in [3.8, 4) is 0 Å². The number of benzene rings is 2. The van der Waals surface area contributed by atoms with Crippen molar-refractivity contribution in [2.24, 2.45) is 11.8 Å². The van der Waals surface area contributed by atoms with E-state index in [1.807, 2.05) is 50.5 Å². The summed E-state index contributed by atoms with van der Waals surface area (Å²) in [6.07, 6.45) is 8.61. The van der Waals surface area contributed by atoms with Crippen LogP contribution < -0.4 is 10.2 Å². The molecule has 4 rings (SSSR count). The standard InChI is InChI=1S/C29H38N4O2/c1-33(2)28-25-8-4-5-9-26(25)31-27(32-28)10-6-7-21-11-13-22(14-12-21)19-30-20-23-15-17-24(18-16-23)29(34)35-3/h4-5,8-9,15-18,21-22,30H,6-7,10-14,19-20H2,1-3H3. The lowest BCUT2D eigenvalue weighted by Gasteiger charge is -2.28. The summed E-state index contributed by atoms with van der Waals surface area (Å²) in [4.78, 5) is 23.3. The molecule has 1 aromatic heterocycles. The third kappa shape index (κ3) is 6.79. The number of aromatic nitrogens is 2. The Kier molecular flexibility index (Phi) is 8.69. The number of hydrogen-bond donors (Lipinski definition) is 1. The minimum absolute atomic E-state index is 0.288. The molecule has 0 amide bonds. The van der Waals surface area contributed by atoms with Gasteiger partial charge in [0.15, 0.2) is 0 Å². The van der Waals surface area contributed by atoms with E-state index < -0.39 is 0 Å². The van der Waals surface area contributed by atoms with Crippen LogP contribution in [-0.4, -0.2) is 43.7 Å². The van der Waals surface area contributed by atoms with E-state index in [0.29, 0.717) is 5.56 Å². The smallest absolute Gasteiger partial charge is 0.337 e. The number of rotatable bonds is 10. The van der Waals surface area contributed by atoms with Gasteiger partial charge in [-0.3, -0.25) is 0 Å². The van der Waals surface area contributed by atoms with Crippen LogP contribution in [0.25, 0.3) is 10.9 Å². The molecule has 1 aliphatic rings. The first kappa shape index (κ1) is 25.1. The molecule has 1 aliphatic carbocycles. The lowest BCUT2D eigenvalue weighted by Crippen LogP contribution is -2.26. The number of carbonyl (C=O) groups is 1. The zero-order valence-electron chi connectivity index (χ0n) is 21.3. The van der Waals surface area contributed by atoms with Gasteiger partial charge >= 0.3 is 5.97 Å². The van der Waals surface area contributed by atoms with Crippen LogP contribution in [0.1, 0.15) is 60.3 Å². The quantitative estimate of drug-likeness (QED) is 0.397. The summed E-state index contributed by atoms with van der Waals surface area (Å²) in [5.74, 6) is 3.27. The maximum Gasteiger partial charge on any atom is 0.337 e. The largest absolute Gasteiger partial charge is 0.465 e. The molecule has 0 unspecified atom stereocenters. The van der Waals surface area contributed by atoms with Crippen molar-refractivity contribution in [3.05, 3.63) is 65.5 Å². The van der Waals surface area contributed by atoms with Crippen LogP contribution in [0.4, 0.5) is 5.82 Å². The number of nitrogens with one attached hydrogen (secondary N) is 1. The molecule has 1 saturated carbocycles. The van der Waals surface area contributed by atoms with Gasteiger partial charge in [0, 0.05) is 32.4 Å². The first-order chi connectivity index (χ1) is 17.0. The maximum atomic E-state index is 11.5. The van der Waals surface area contributed by atoms with Gasteiger partial charge in [0.25, 0.3) is 0 Å². The van der Waals surface area contributed by atoms with Crippen molar-refractivity contribution in [3.63, 3.8) is 0 Å². The lowest BCUT2D eigenvalue weighted by molar-refractivity contribution is 0.0600. The van der Waals surface area contributed by atoms with Crippen molar-refractivity contribution in [2.75, 3.05) is 32.6 Å². The Hall–Kier alpha value is -2.99. The molecule has 2 aromatic carbocycles. The monoisotopic (exact) mass is 474 g/mol. The molecule has 1 N–H and O–H groups in total. The minimum Gasteiger partial charge on any atom is -0.465 e. The molecule has 0 radical (unpaired) electrons. The summed E-state index contributed by atoms with van der Waals surface area (Å²) in [6.45, 7) is 1.89. The van der Waals surface area contributed by atoms with Crippen LogP contribution in [0.2, 0.25) is 0 Å². The van der Waals surface area contributed by atoms with Gasteiger partial charge < -0.3 is 15.0 Å². The molecule has 6 heteroatoms. The Balaban J connectivity index is 1.17. The number of fused-ring (bicyclic) bond motifs is 1. The van der Waals surface area contributed by atoms with Gasteiger partial charge in [-0.1, -0.05) is 43.5 Å². The van der Waals surface area contributed by atoms with Gasteiger partial charge in [-0.25, -0.2) is 14.8 Å². The van der Waals surface area contributed by atoms with Crippen molar-refractivity contribution < 1.29 is 9.53 Å². The van der Waals surface area contributed by atoms with Gasteiger partial charge in [-0.15, -0.1) is 0 Å². The van der Waals surface area contributed by atoms with Crippen molar-refractivity contribution in [2.45, 2.75) is 51.5 Å². The second kappa shape index (κ2) is 12.1. The topological polar surface area (TPSA) is 67.3 Å². The summed E-state index contributed by atoms with van der Waals surface area (Å²) in [5.41, 5.74) is 2.83. The molecule has 186 valence electrons. The number of carbonyl (C=O) groups excluding carboxylic acids is 1. The number of methoxy groups -OCH3 is 1. The van der Waals surface area contributed by atoms with E-state index in [0.717, 1.165) is 60.3 Å². The third-order valence-corrected chi connectivity index (χ3v) is 7.17. The highest BCUT2D eigenvalue weighted by molar-refractivity contribution is 5.89. The van der Waals surface area contributed by atoms with E-state index in [1.54, 1.807) is 0 Å². The number of para-hydroxylation sites is 1. The summed E-state index contributed by atoms with van der Waals surface area (Å²) in [6, 6.07) is 15.9. The van der Waals surface area contributed by atoms with E-state index >= 15 is 0 Å². The zero-order valence-corrected chi connectivity index (χ0v) is 21.3. The number of nitrogens with zero attached hydrogens (tertiary/aromatic N) is 3. The minimum atomic E-state index is -0.288. The molecule has 35 heavy (non-hydrogen) atoms. The van der Waals surface area contributed by atoms with Gasteiger partial charge in [-0.05, 0) is 67.5 Å². The van der Waals surface area contributed by atoms with Crippen molar-refractivity contribution >= 4 is 22.7 Å². The Bertz CT molecular complexity index is 1110. The van der Waals surface area contributed by atoms with Gasteiger partial charge in [0.05, 0.1) is 18.2 Å². The molecule has 1 fully saturated rings. The highest BCUT2D eigenvalue weighted by Gasteiger charge is 2.21. The van der Waals surface area contributed by atoms with E-state index in [2.05, 4.69) is 22.3 Å². The average Bonchev–Trinajstić information content (AvgIpc) is 2.89. The fourth-order valence-corrected chi connectivity index (χ4v) is 5.13. The van der Waals surface area contributed by atoms with Crippen LogP contribution in [-0.2, 0) is 17.7 Å². The lowest BCUT2D eigenvalue weighted by atomic mass is 9.80. The predicted molar refractivity (Wildman–Crippen MR) is 142 cm³/mol. The molecule has 1 heterocycles. The first-order valence-electron chi connectivity index (χ1n) is 12.8. The SMILES string of the molecule is COC(=O)c1ccc(CNCC2CCC(CCCc3nc(N(C)C)c4ccccc4n3)CC2)cc1. The summed E-state index contributed by atoms with van der Waals surface area (Å²) in [7, 11) is 5.51. The Morgan fingerprint density at radius 1 is 1.00 bits per heavy atom. The highest BCUT2D eigenvalue weighted by Crippen LogP contribution is 2.32. The second-order valence-electron chi connectivity index (χ2n) is 9.97. The Morgan fingerprint density at radius 3 is 2.43 bits per heavy atom. The molecule has 0 atom stereocenters. The fraction of sp³-hybridized carbons (Fsp3) is 0.483. The molecule has 0 bridgehead atoms. The van der Waals surface area contributed by atoms with E-state index in [9.17, 15) is 4.79 Å². The van der Waals surface area contributed by atoms with Gasteiger partial charge in [0.1, 0.15) is 11.6 Å². The second-order valence-corrected chi connectivity index (χ2v) is 9.97. The van der Waals surface area contributed by atoms with Crippen LogP contribution in [0.15, 0.2) is 48.5 Å². The van der Waals surface area contributed by atoms with Crippen LogP contribution in [0.3, 0.4) is 0 Å². The number of esters is 1. The van der Waals surface area contributed by atoms with Crippen molar-refractivity contribution in [1.82, 2.24) is 15.3 Å². The van der Waals surface area contributed by atoms with E-state index in [-0.39, 0.29) is 5.97 Å². The summed E-state index contributed by atoms with van der Waals surface area (Å²) >= 11 is 0. The number of aryl methyl sites for hydroxylation is 1. The highest BCUT2D eigenvalue weighted by atomic mass is 16.5. The maximum absolute atomic E-state index is 11.5. The van der Waals surface area contributed by atoms with E-state index in [4.69, 9.17) is 14.7 Å². The van der Waals surface area contributed by atoms with Gasteiger partial charge in [-0.2, -0.15) is 0 Å². The van der Waals surface area contributed by atoms with Gasteiger partial charge in [0.2, 0.25) is 0 Å².